The normalized spacial score (nSPS) is 17.5. The molecule has 0 radical (unpaired) electrons. The van der Waals surface area contributed by atoms with Crippen LogP contribution >= 0.6 is 0 Å². The Bertz CT molecular complexity index is 122. The lowest BCUT2D eigenvalue weighted by Crippen LogP contribution is -2.47. The standard InChI is InChI=1S/C7H18N2O3/c1-5(8)3-2-4-6(9)7(10,11)12/h5-6,10-12H,2-4,8-9H2,1H3. The van der Waals surface area contributed by atoms with Gasteiger partial charge in [0.25, 0.3) is 5.97 Å². The van der Waals surface area contributed by atoms with Crippen LogP contribution in [0, 0.1) is 0 Å². The van der Waals surface area contributed by atoms with Crippen molar-refractivity contribution in [1.29, 1.82) is 0 Å². The lowest BCUT2D eigenvalue weighted by atomic mass is 10.1. The van der Waals surface area contributed by atoms with Gasteiger partial charge in [-0.15, -0.1) is 0 Å². The highest BCUT2D eigenvalue weighted by atomic mass is 16.7. The van der Waals surface area contributed by atoms with Gasteiger partial charge >= 0.3 is 0 Å². The van der Waals surface area contributed by atoms with Crippen LogP contribution in [0.1, 0.15) is 26.2 Å². The average molecular weight is 178 g/mol. The number of aliphatic hydroxyl groups is 3. The molecule has 0 bridgehead atoms. The van der Waals surface area contributed by atoms with Crippen molar-refractivity contribution >= 4 is 0 Å². The van der Waals surface area contributed by atoms with Crippen molar-refractivity contribution in [3.05, 3.63) is 0 Å². The molecule has 0 fully saturated rings. The van der Waals surface area contributed by atoms with E-state index in [1.54, 1.807) is 0 Å². The Kier molecular flexibility index (Phi) is 4.66. The van der Waals surface area contributed by atoms with Crippen molar-refractivity contribution in [3.63, 3.8) is 0 Å². The molecule has 0 saturated heterocycles. The quantitative estimate of drug-likeness (QED) is 0.327. The molecule has 2 atom stereocenters. The molecule has 0 aromatic heterocycles. The third-order valence-electron chi connectivity index (χ3n) is 1.67. The molecule has 5 nitrogen and oxygen atoms in total. The number of nitrogens with two attached hydrogens (primary N) is 2. The molecular formula is C7H18N2O3. The summed E-state index contributed by atoms with van der Waals surface area (Å²) in [5, 5.41) is 25.8. The lowest BCUT2D eigenvalue weighted by molar-refractivity contribution is -0.323. The summed E-state index contributed by atoms with van der Waals surface area (Å²) in [6, 6.07) is -0.959. The van der Waals surface area contributed by atoms with E-state index in [0.717, 1.165) is 6.42 Å². The maximum Gasteiger partial charge on any atom is 0.291 e. The molecule has 0 aromatic rings. The van der Waals surface area contributed by atoms with Crippen LogP contribution in [0.25, 0.3) is 0 Å². The summed E-state index contributed by atoms with van der Waals surface area (Å²) >= 11 is 0. The van der Waals surface area contributed by atoms with Crippen LogP contribution in [0.4, 0.5) is 0 Å². The summed E-state index contributed by atoms with van der Waals surface area (Å²) in [4.78, 5) is 0. The van der Waals surface area contributed by atoms with Crippen molar-refractivity contribution in [2.24, 2.45) is 11.5 Å². The van der Waals surface area contributed by atoms with E-state index in [2.05, 4.69) is 0 Å². The molecule has 0 spiro atoms. The Morgan fingerprint density at radius 2 is 1.67 bits per heavy atom. The van der Waals surface area contributed by atoms with Gasteiger partial charge in [-0.1, -0.05) is 6.42 Å². The highest BCUT2D eigenvalue weighted by Gasteiger charge is 2.27. The molecule has 0 amide bonds. The largest absolute Gasteiger partial charge is 0.342 e. The predicted octanol–water partition coefficient (Wildman–Crippen LogP) is -1.54. The maximum atomic E-state index is 8.61. The van der Waals surface area contributed by atoms with Crippen LogP contribution in [-0.2, 0) is 0 Å². The summed E-state index contributed by atoms with van der Waals surface area (Å²) in [5.74, 6) is -2.77. The van der Waals surface area contributed by atoms with Gasteiger partial charge in [0.05, 0.1) is 6.04 Å². The molecule has 0 aliphatic heterocycles. The minimum atomic E-state index is -2.77. The fraction of sp³-hybridized carbons (Fsp3) is 1.00. The van der Waals surface area contributed by atoms with Crippen molar-refractivity contribution < 1.29 is 15.3 Å². The Labute approximate surface area is 72.0 Å². The molecule has 2 unspecified atom stereocenters. The van der Waals surface area contributed by atoms with E-state index >= 15 is 0 Å². The van der Waals surface area contributed by atoms with E-state index < -0.39 is 12.0 Å². The second kappa shape index (κ2) is 4.74. The van der Waals surface area contributed by atoms with Crippen LogP contribution < -0.4 is 11.5 Å². The Balaban J connectivity index is 3.51. The van der Waals surface area contributed by atoms with Crippen LogP contribution in [0.2, 0.25) is 0 Å². The SMILES string of the molecule is CC(N)CCCC(N)C(O)(O)O. The van der Waals surface area contributed by atoms with Gasteiger partial charge in [0.1, 0.15) is 0 Å². The first kappa shape index (κ1) is 11.8. The minimum Gasteiger partial charge on any atom is -0.342 e. The first-order valence-electron chi connectivity index (χ1n) is 4.02. The van der Waals surface area contributed by atoms with Gasteiger partial charge in [-0.2, -0.15) is 0 Å². The van der Waals surface area contributed by atoms with Gasteiger partial charge in [0.15, 0.2) is 0 Å². The monoisotopic (exact) mass is 178 g/mol. The average Bonchev–Trinajstić information content (AvgIpc) is 1.84. The maximum absolute atomic E-state index is 8.61. The van der Waals surface area contributed by atoms with Gasteiger partial charge in [0, 0.05) is 6.04 Å². The van der Waals surface area contributed by atoms with E-state index in [9.17, 15) is 0 Å². The first-order chi connectivity index (χ1) is 5.34. The Hall–Kier alpha value is -0.200. The molecule has 0 aliphatic rings. The number of hydrogen-bond donors (Lipinski definition) is 5. The fourth-order valence-corrected chi connectivity index (χ4v) is 0.853. The third-order valence-corrected chi connectivity index (χ3v) is 1.67. The van der Waals surface area contributed by atoms with Gasteiger partial charge in [0.2, 0.25) is 0 Å². The molecule has 0 aromatic carbocycles. The summed E-state index contributed by atoms with van der Waals surface area (Å²) in [5.41, 5.74) is 10.7. The molecule has 5 heteroatoms. The molecule has 7 N–H and O–H groups in total. The minimum absolute atomic E-state index is 0.0719. The second-order valence-corrected chi connectivity index (χ2v) is 3.20. The molecule has 0 saturated carbocycles. The van der Waals surface area contributed by atoms with Gasteiger partial charge < -0.3 is 26.8 Å². The first-order valence-corrected chi connectivity index (χ1v) is 4.02. The third kappa shape index (κ3) is 5.45. The van der Waals surface area contributed by atoms with Crippen molar-refractivity contribution in [2.45, 2.75) is 44.2 Å². The number of rotatable bonds is 5. The Morgan fingerprint density at radius 3 is 2.00 bits per heavy atom. The van der Waals surface area contributed by atoms with Crippen molar-refractivity contribution in [3.8, 4) is 0 Å². The van der Waals surface area contributed by atoms with E-state index in [1.807, 2.05) is 6.92 Å². The van der Waals surface area contributed by atoms with Crippen molar-refractivity contribution in [1.82, 2.24) is 0 Å². The predicted molar refractivity (Wildman–Crippen MR) is 44.9 cm³/mol. The highest BCUT2D eigenvalue weighted by Crippen LogP contribution is 2.08. The van der Waals surface area contributed by atoms with Crippen LogP contribution in [0.5, 0.6) is 0 Å². The summed E-state index contributed by atoms with van der Waals surface area (Å²) in [6.45, 7) is 1.86. The van der Waals surface area contributed by atoms with Crippen LogP contribution in [0.15, 0.2) is 0 Å². The fourth-order valence-electron chi connectivity index (χ4n) is 0.853. The van der Waals surface area contributed by atoms with Crippen molar-refractivity contribution in [2.75, 3.05) is 0 Å². The Morgan fingerprint density at radius 1 is 1.17 bits per heavy atom. The van der Waals surface area contributed by atoms with Gasteiger partial charge in [-0.3, -0.25) is 0 Å². The number of hydrogen-bond acceptors (Lipinski definition) is 5. The van der Waals surface area contributed by atoms with E-state index in [0.29, 0.717) is 12.8 Å². The van der Waals surface area contributed by atoms with Crippen LogP contribution in [0.3, 0.4) is 0 Å². The molecule has 0 aliphatic carbocycles. The zero-order valence-electron chi connectivity index (χ0n) is 7.27. The molecular weight excluding hydrogens is 160 g/mol. The summed E-state index contributed by atoms with van der Waals surface area (Å²) in [6.07, 6.45) is 1.76. The van der Waals surface area contributed by atoms with E-state index in [4.69, 9.17) is 26.8 Å². The zero-order valence-corrected chi connectivity index (χ0v) is 7.27. The molecule has 12 heavy (non-hydrogen) atoms. The zero-order chi connectivity index (χ0) is 9.78. The van der Waals surface area contributed by atoms with Gasteiger partial charge in [-0.25, -0.2) is 0 Å². The second-order valence-electron chi connectivity index (χ2n) is 3.20. The van der Waals surface area contributed by atoms with Gasteiger partial charge in [-0.05, 0) is 19.8 Å². The molecule has 74 valence electrons. The molecule has 0 heterocycles. The topological polar surface area (TPSA) is 113 Å². The lowest BCUT2D eigenvalue weighted by Gasteiger charge is -2.22. The summed E-state index contributed by atoms with van der Waals surface area (Å²) < 4.78 is 0. The van der Waals surface area contributed by atoms with E-state index in [-0.39, 0.29) is 6.04 Å². The van der Waals surface area contributed by atoms with Crippen LogP contribution in [-0.4, -0.2) is 33.4 Å². The smallest absolute Gasteiger partial charge is 0.291 e. The van der Waals surface area contributed by atoms with E-state index in [1.165, 1.54) is 0 Å². The molecule has 0 rings (SSSR count). The highest BCUT2D eigenvalue weighted by molar-refractivity contribution is 4.69. The summed E-state index contributed by atoms with van der Waals surface area (Å²) in [7, 11) is 0.